The molecule has 6 heteroatoms. The lowest BCUT2D eigenvalue weighted by Gasteiger charge is -2.41. The molecule has 2 heterocycles. The molecule has 0 unspecified atom stereocenters. The minimum atomic E-state index is 0.309. The Hall–Kier alpha value is -1.59. The summed E-state index contributed by atoms with van der Waals surface area (Å²) in [6.45, 7) is 5.23. The first-order chi connectivity index (χ1) is 9.71. The molecule has 1 saturated carbocycles. The number of anilines is 3. The minimum Gasteiger partial charge on any atom is -0.368 e. The average Bonchev–Trinajstić information content (AvgIpc) is 2.91. The molecule has 110 valence electrons. The summed E-state index contributed by atoms with van der Waals surface area (Å²) in [5.41, 5.74) is 6.26. The molecule has 6 nitrogen and oxygen atoms in total. The van der Waals surface area contributed by atoms with Gasteiger partial charge in [-0.25, -0.2) is 0 Å². The first-order valence-corrected chi connectivity index (χ1v) is 7.71. The number of hydrogen-bond acceptors (Lipinski definition) is 6. The number of nitrogens with zero attached hydrogens (tertiary/aromatic N) is 4. The Labute approximate surface area is 120 Å². The van der Waals surface area contributed by atoms with Gasteiger partial charge in [0.15, 0.2) is 0 Å². The van der Waals surface area contributed by atoms with Gasteiger partial charge in [0, 0.05) is 19.6 Å². The summed E-state index contributed by atoms with van der Waals surface area (Å²) in [4.78, 5) is 15.2. The highest BCUT2D eigenvalue weighted by molar-refractivity contribution is 5.42. The van der Waals surface area contributed by atoms with Gasteiger partial charge in [-0.15, -0.1) is 0 Å². The van der Waals surface area contributed by atoms with Crippen LogP contribution in [0.1, 0.15) is 45.4 Å². The van der Waals surface area contributed by atoms with Gasteiger partial charge in [0.25, 0.3) is 0 Å². The second-order valence-corrected chi connectivity index (χ2v) is 6.07. The van der Waals surface area contributed by atoms with Crippen LogP contribution < -0.4 is 16.0 Å². The summed E-state index contributed by atoms with van der Waals surface area (Å²) in [6.07, 6.45) is 7.56. The van der Waals surface area contributed by atoms with Crippen LogP contribution in [0.2, 0.25) is 0 Å². The van der Waals surface area contributed by atoms with Crippen LogP contribution in [-0.2, 0) is 0 Å². The highest BCUT2D eigenvalue weighted by atomic mass is 15.3. The van der Waals surface area contributed by atoms with E-state index in [0.717, 1.165) is 25.6 Å². The average molecular weight is 276 g/mol. The van der Waals surface area contributed by atoms with E-state index in [4.69, 9.17) is 5.73 Å². The van der Waals surface area contributed by atoms with E-state index < -0.39 is 0 Å². The van der Waals surface area contributed by atoms with Gasteiger partial charge in [-0.05, 0) is 37.5 Å². The lowest BCUT2D eigenvalue weighted by Crippen LogP contribution is -2.36. The fraction of sp³-hybridized carbons (Fsp3) is 0.786. The Morgan fingerprint density at radius 2 is 1.90 bits per heavy atom. The van der Waals surface area contributed by atoms with Gasteiger partial charge in [0.2, 0.25) is 17.8 Å². The predicted molar refractivity (Wildman–Crippen MR) is 80.8 cm³/mol. The van der Waals surface area contributed by atoms with Crippen LogP contribution in [0.4, 0.5) is 17.8 Å². The number of nitrogen functional groups attached to an aromatic ring is 1. The highest BCUT2D eigenvalue weighted by Crippen LogP contribution is 2.43. The van der Waals surface area contributed by atoms with Gasteiger partial charge >= 0.3 is 0 Å². The normalized spacial score (nSPS) is 20.8. The molecule has 3 rings (SSSR count). The maximum Gasteiger partial charge on any atom is 0.231 e. The maximum absolute atomic E-state index is 5.82. The molecule has 0 bridgehead atoms. The third-order valence-corrected chi connectivity index (χ3v) is 4.82. The summed E-state index contributed by atoms with van der Waals surface area (Å²) in [5, 5.41) is 3.37. The van der Waals surface area contributed by atoms with E-state index in [0.29, 0.717) is 17.3 Å². The summed E-state index contributed by atoms with van der Waals surface area (Å²) in [7, 11) is 0. The van der Waals surface area contributed by atoms with Crippen LogP contribution in [0.3, 0.4) is 0 Å². The fourth-order valence-corrected chi connectivity index (χ4v) is 3.12. The number of nitrogens with one attached hydrogen (secondary N) is 1. The van der Waals surface area contributed by atoms with Gasteiger partial charge in [-0.3, -0.25) is 0 Å². The molecular weight excluding hydrogens is 252 g/mol. The minimum absolute atomic E-state index is 0.309. The molecule has 1 aromatic rings. The number of aromatic nitrogens is 3. The largest absolute Gasteiger partial charge is 0.368 e. The van der Waals surface area contributed by atoms with Crippen LogP contribution >= 0.6 is 0 Å². The maximum atomic E-state index is 5.82. The monoisotopic (exact) mass is 276 g/mol. The van der Waals surface area contributed by atoms with E-state index >= 15 is 0 Å². The van der Waals surface area contributed by atoms with Crippen molar-refractivity contribution in [1.82, 2.24) is 15.0 Å². The molecule has 1 aliphatic heterocycles. The topological polar surface area (TPSA) is 80.0 Å². The van der Waals surface area contributed by atoms with Gasteiger partial charge in [-0.1, -0.05) is 13.3 Å². The van der Waals surface area contributed by atoms with E-state index in [1.165, 1.54) is 38.5 Å². The first kappa shape index (κ1) is 13.4. The van der Waals surface area contributed by atoms with Crippen LogP contribution in [0.5, 0.6) is 0 Å². The third-order valence-electron chi connectivity index (χ3n) is 4.82. The Balaban J connectivity index is 1.69. The van der Waals surface area contributed by atoms with Crippen LogP contribution in [-0.4, -0.2) is 34.6 Å². The highest BCUT2D eigenvalue weighted by Gasteiger charge is 2.35. The van der Waals surface area contributed by atoms with Crippen molar-refractivity contribution in [2.75, 3.05) is 35.6 Å². The first-order valence-electron chi connectivity index (χ1n) is 7.71. The van der Waals surface area contributed by atoms with Crippen molar-refractivity contribution < 1.29 is 0 Å². The summed E-state index contributed by atoms with van der Waals surface area (Å²) in [6, 6.07) is 0. The van der Waals surface area contributed by atoms with Crippen molar-refractivity contribution >= 4 is 17.8 Å². The third kappa shape index (κ3) is 2.64. The van der Waals surface area contributed by atoms with Crippen molar-refractivity contribution in [2.45, 2.75) is 45.4 Å². The zero-order valence-electron chi connectivity index (χ0n) is 12.2. The number of nitrogens with two attached hydrogens (primary N) is 1. The van der Waals surface area contributed by atoms with Gasteiger partial charge in [0.1, 0.15) is 0 Å². The van der Waals surface area contributed by atoms with E-state index in [1.54, 1.807) is 0 Å². The number of rotatable bonds is 5. The molecule has 0 atom stereocenters. The molecule has 0 amide bonds. The lowest BCUT2D eigenvalue weighted by atomic mass is 9.67. The summed E-state index contributed by atoms with van der Waals surface area (Å²) < 4.78 is 0. The van der Waals surface area contributed by atoms with Crippen molar-refractivity contribution in [3.8, 4) is 0 Å². The smallest absolute Gasteiger partial charge is 0.231 e. The summed E-state index contributed by atoms with van der Waals surface area (Å²) in [5.74, 6) is 1.65. The second kappa shape index (κ2) is 5.42. The molecule has 0 aromatic carbocycles. The predicted octanol–water partition coefficient (Wildman–Crippen LogP) is 2.05. The Kier molecular flexibility index (Phi) is 3.63. The molecule has 1 aromatic heterocycles. The Morgan fingerprint density at radius 1 is 1.15 bits per heavy atom. The van der Waals surface area contributed by atoms with E-state index in [2.05, 4.69) is 32.1 Å². The van der Waals surface area contributed by atoms with E-state index in [1.807, 2.05) is 0 Å². The van der Waals surface area contributed by atoms with Crippen molar-refractivity contribution in [3.63, 3.8) is 0 Å². The van der Waals surface area contributed by atoms with Crippen LogP contribution in [0.15, 0.2) is 0 Å². The summed E-state index contributed by atoms with van der Waals surface area (Å²) >= 11 is 0. The lowest BCUT2D eigenvalue weighted by molar-refractivity contribution is 0.144. The molecule has 0 radical (unpaired) electrons. The van der Waals surface area contributed by atoms with Crippen LogP contribution in [0, 0.1) is 5.41 Å². The van der Waals surface area contributed by atoms with Crippen molar-refractivity contribution in [2.24, 2.45) is 5.41 Å². The quantitative estimate of drug-likeness (QED) is 0.856. The molecule has 2 fully saturated rings. The standard InChI is InChI=1S/C14H24N6/c1-2-14(6-5-7-14)10-16-12-17-11(15)18-13(19-12)20-8-3-4-9-20/h2-10H2,1H3,(H3,15,16,17,18,19). The molecule has 20 heavy (non-hydrogen) atoms. The van der Waals surface area contributed by atoms with E-state index in [-0.39, 0.29) is 0 Å². The molecule has 2 aliphatic rings. The molecule has 1 saturated heterocycles. The molecular formula is C14H24N6. The number of hydrogen-bond donors (Lipinski definition) is 2. The van der Waals surface area contributed by atoms with Crippen LogP contribution in [0.25, 0.3) is 0 Å². The van der Waals surface area contributed by atoms with Crippen molar-refractivity contribution in [1.29, 1.82) is 0 Å². The van der Waals surface area contributed by atoms with Gasteiger partial charge in [0.05, 0.1) is 0 Å². The van der Waals surface area contributed by atoms with Gasteiger partial charge < -0.3 is 16.0 Å². The van der Waals surface area contributed by atoms with Gasteiger partial charge in [-0.2, -0.15) is 15.0 Å². The fourth-order valence-electron chi connectivity index (χ4n) is 3.12. The van der Waals surface area contributed by atoms with E-state index in [9.17, 15) is 0 Å². The zero-order valence-corrected chi connectivity index (χ0v) is 12.2. The molecule has 0 spiro atoms. The SMILES string of the molecule is CCC1(CNc2nc(N)nc(N3CCCC3)n2)CCC1. The van der Waals surface area contributed by atoms with Crippen molar-refractivity contribution in [3.05, 3.63) is 0 Å². The molecule has 1 aliphatic carbocycles. The second-order valence-electron chi connectivity index (χ2n) is 6.07. The molecule has 3 N–H and O–H groups in total. The zero-order chi connectivity index (χ0) is 14.0. The Morgan fingerprint density at radius 3 is 2.50 bits per heavy atom. The Bertz CT molecular complexity index is 459.